The average Bonchev–Trinajstić information content (AvgIpc) is 3.11. The lowest BCUT2D eigenvalue weighted by Crippen LogP contribution is -2.38. The zero-order valence-corrected chi connectivity index (χ0v) is 14.9. The molecule has 1 aliphatic rings. The molecule has 1 aromatic carbocycles. The van der Waals surface area contributed by atoms with Gasteiger partial charge in [0.05, 0.1) is 0 Å². The summed E-state index contributed by atoms with van der Waals surface area (Å²) in [7, 11) is 0. The number of aromatic nitrogens is 3. The Balaban J connectivity index is 1.50. The van der Waals surface area contributed by atoms with Crippen molar-refractivity contribution < 1.29 is 4.79 Å². The Kier molecular flexibility index (Phi) is 4.52. The molecule has 5 nitrogen and oxygen atoms in total. The van der Waals surface area contributed by atoms with E-state index in [0.29, 0.717) is 6.54 Å². The third-order valence-electron chi connectivity index (χ3n) is 5.03. The average molecular weight is 346 g/mol. The fourth-order valence-electron chi connectivity index (χ4n) is 3.57. The molecule has 132 valence electrons. The molecule has 3 heterocycles. The number of piperidine rings is 1. The molecule has 3 aromatic rings. The van der Waals surface area contributed by atoms with Crippen molar-refractivity contribution in [2.24, 2.45) is 0 Å². The molecule has 26 heavy (non-hydrogen) atoms. The summed E-state index contributed by atoms with van der Waals surface area (Å²) in [6.45, 7) is 3.54. The quantitative estimate of drug-likeness (QED) is 0.683. The van der Waals surface area contributed by atoms with E-state index in [1.54, 1.807) is 6.08 Å². The standard InChI is InChI=1S/C21H22N4O/c1-16-7-2-3-8-17(16)11-12-20(26)24-13-6-9-18(15-24)21-23-22-19-10-4-5-14-25(19)21/h2-5,7-8,10-12,14,18H,6,9,13,15H2,1H3. The first-order chi connectivity index (χ1) is 12.7. The number of carbonyl (C=O) groups excluding carboxylic acids is 1. The third kappa shape index (κ3) is 3.25. The van der Waals surface area contributed by atoms with Crippen LogP contribution in [0.5, 0.6) is 0 Å². The monoisotopic (exact) mass is 346 g/mol. The van der Waals surface area contributed by atoms with Gasteiger partial charge in [-0.05, 0) is 49.1 Å². The van der Waals surface area contributed by atoms with Gasteiger partial charge in [-0.3, -0.25) is 9.20 Å². The van der Waals surface area contributed by atoms with Crippen LogP contribution in [0.1, 0.15) is 35.7 Å². The number of fused-ring (bicyclic) bond motifs is 1. The Morgan fingerprint density at radius 2 is 2.00 bits per heavy atom. The molecule has 1 aliphatic heterocycles. The minimum absolute atomic E-state index is 0.0618. The summed E-state index contributed by atoms with van der Waals surface area (Å²) >= 11 is 0. The van der Waals surface area contributed by atoms with Gasteiger partial charge in [-0.2, -0.15) is 0 Å². The first-order valence-electron chi connectivity index (χ1n) is 9.04. The van der Waals surface area contributed by atoms with Gasteiger partial charge in [0.2, 0.25) is 5.91 Å². The van der Waals surface area contributed by atoms with Crippen molar-refractivity contribution in [2.75, 3.05) is 13.1 Å². The largest absolute Gasteiger partial charge is 0.338 e. The van der Waals surface area contributed by atoms with Crippen molar-refractivity contribution in [1.29, 1.82) is 0 Å². The number of nitrogens with zero attached hydrogens (tertiary/aromatic N) is 4. The second kappa shape index (κ2) is 7.12. The van der Waals surface area contributed by atoms with E-state index < -0.39 is 0 Å². The van der Waals surface area contributed by atoms with Crippen LogP contribution in [0.3, 0.4) is 0 Å². The van der Waals surface area contributed by atoms with E-state index in [1.165, 1.54) is 5.56 Å². The van der Waals surface area contributed by atoms with Crippen molar-refractivity contribution >= 4 is 17.6 Å². The Bertz CT molecular complexity index is 959. The number of hydrogen-bond acceptors (Lipinski definition) is 3. The van der Waals surface area contributed by atoms with Crippen LogP contribution in [-0.4, -0.2) is 38.5 Å². The molecule has 0 N–H and O–H groups in total. The van der Waals surface area contributed by atoms with Crippen LogP contribution in [0.2, 0.25) is 0 Å². The Labute approximate surface area is 153 Å². The van der Waals surface area contributed by atoms with Crippen molar-refractivity contribution in [2.45, 2.75) is 25.7 Å². The highest BCUT2D eigenvalue weighted by atomic mass is 16.2. The topological polar surface area (TPSA) is 50.5 Å². The molecule has 0 saturated carbocycles. The smallest absolute Gasteiger partial charge is 0.246 e. The molecule has 2 aromatic heterocycles. The summed E-state index contributed by atoms with van der Waals surface area (Å²) in [6.07, 6.45) is 7.60. The van der Waals surface area contributed by atoms with Gasteiger partial charge in [0.25, 0.3) is 0 Å². The van der Waals surface area contributed by atoms with Crippen molar-refractivity contribution in [3.8, 4) is 0 Å². The van der Waals surface area contributed by atoms with Crippen molar-refractivity contribution in [3.05, 3.63) is 71.7 Å². The number of hydrogen-bond donors (Lipinski definition) is 0. The maximum atomic E-state index is 12.7. The van der Waals surface area contributed by atoms with Crippen LogP contribution >= 0.6 is 0 Å². The molecule has 0 aliphatic carbocycles. The molecule has 0 spiro atoms. The molecule has 5 heteroatoms. The van der Waals surface area contributed by atoms with Crippen molar-refractivity contribution in [1.82, 2.24) is 19.5 Å². The maximum Gasteiger partial charge on any atom is 0.246 e. The Morgan fingerprint density at radius 1 is 1.15 bits per heavy atom. The van der Waals surface area contributed by atoms with E-state index in [1.807, 2.05) is 58.0 Å². The highest BCUT2D eigenvalue weighted by molar-refractivity contribution is 5.92. The van der Waals surface area contributed by atoms with Crippen LogP contribution in [0, 0.1) is 6.92 Å². The summed E-state index contributed by atoms with van der Waals surface area (Å²) in [5.74, 6) is 1.23. The summed E-state index contributed by atoms with van der Waals surface area (Å²) < 4.78 is 2.03. The predicted molar refractivity (Wildman–Crippen MR) is 102 cm³/mol. The van der Waals surface area contributed by atoms with Gasteiger partial charge in [0.1, 0.15) is 5.82 Å². The number of amides is 1. The summed E-state index contributed by atoms with van der Waals surface area (Å²) in [4.78, 5) is 14.6. The number of carbonyl (C=O) groups is 1. The van der Waals surface area contributed by atoms with E-state index in [4.69, 9.17) is 0 Å². The van der Waals surface area contributed by atoms with E-state index in [2.05, 4.69) is 23.2 Å². The first kappa shape index (κ1) is 16.5. The van der Waals surface area contributed by atoms with Gasteiger partial charge in [0, 0.05) is 31.3 Å². The zero-order valence-electron chi connectivity index (χ0n) is 14.9. The van der Waals surface area contributed by atoms with E-state index in [0.717, 1.165) is 36.4 Å². The van der Waals surface area contributed by atoms with Crippen LogP contribution < -0.4 is 0 Å². The van der Waals surface area contributed by atoms with Gasteiger partial charge in [-0.25, -0.2) is 0 Å². The summed E-state index contributed by atoms with van der Waals surface area (Å²) in [5.41, 5.74) is 3.10. The third-order valence-corrected chi connectivity index (χ3v) is 5.03. The van der Waals surface area contributed by atoms with Gasteiger partial charge in [-0.15, -0.1) is 10.2 Å². The van der Waals surface area contributed by atoms with E-state index in [9.17, 15) is 4.79 Å². The summed E-state index contributed by atoms with van der Waals surface area (Å²) in [6, 6.07) is 14.0. The molecule has 1 fully saturated rings. The first-order valence-corrected chi connectivity index (χ1v) is 9.04. The number of likely N-dealkylation sites (tertiary alicyclic amines) is 1. The second-order valence-electron chi connectivity index (χ2n) is 6.80. The number of aryl methyl sites for hydroxylation is 1. The highest BCUT2D eigenvalue weighted by Gasteiger charge is 2.26. The van der Waals surface area contributed by atoms with Crippen LogP contribution in [0.4, 0.5) is 0 Å². The lowest BCUT2D eigenvalue weighted by Gasteiger charge is -2.31. The van der Waals surface area contributed by atoms with Gasteiger partial charge >= 0.3 is 0 Å². The highest BCUT2D eigenvalue weighted by Crippen LogP contribution is 2.26. The lowest BCUT2D eigenvalue weighted by atomic mass is 9.97. The fourth-order valence-corrected chi connectivity index (χ4v) is 3.57. The van der Waals surface area contributed by atoms with Crippen LogP contribution in [0.25, 0.3) is 11.7 Å². The van der Waals surface area contributed by atoms with E-state index >= 15 is 0 Å². The number of rotatable bonds is 3. The van der Waals surface area contributed by atoms with Gasteiger partial charge < -0.3 is 4.90 Å². The number of benzene rings is 1. The molecule has 0 radical (unpaired) electrons. The van der Waals surface area contributed by atoms with Gasteiger partial charge in [0.15, 0.2) is 5.65 Å². The number of pyridine rings is 1. The molecule has 1 saturated heterocycles. The minimum Gasteiger partial charge on any atom is -0.338 e. The zero-order chi connectivity index (χ0) is 17.9. The Hall–Kier alpha value is -2.95. The minimum atomic E-state index is 0.0618. The van der Waals surface area contributed by atoms with Crippen LogP contribution in [0.15, 0.2) is 54.7 Å². The van der Waals surface area contributed by atoms with Crippen molar-refractivity contribution in [3.63, 3.8) is 0 Å². The fraction of sp³-hybridized carbons (Fsp3) is 0.286. The second-order valence-corrected chi connectivity index (χ2v) is 6.80. The Morgan fingerprint density at radius 3 is 2.88 bits per heavy atom. The predicted octanol–water partition coefficient (Wildman–Crippen LogP) is 3.46. The van der Waals surface area contributed by atoms with Crippen LogP contribution in [-0.2, 0) is 4.79 Å². The van der Waals surface area contributed by atoms with Gasteiger partial charge in [-0.1, -0.05) is 30.3 Å². The molecule has 1 amide bonds. The SMILES string of the molecule is Cc1ccccc1C=CC(=O)N1CCCC(c2nnc3ccccn23)C1. The molecular formula is C21H22N4O. The molecular weight excluding hydrogens is 324 g/mol. The van der Waals surface area contributed by atoms with E-state index in [-0.39, 0.29) is 11.8 Å². The normalized spacial score (nSPS) is 17.9. The molecule has 4 rings (SSSR count). The summed E-state index contributed by atoms with van der Waals surface area (Å²) in [5, 5.41) is 8.62. The molecule has 0 bridgehead atoms. The lowest BCUT2D eigenvalue weighted by molar-refractivity contribution is -0.127. The molecule has 1 atom stereocenters. The molecule has 1 unspecified atom stereocenters. The maximum absolute atomic E-state index is 12.7.